The van der Waals surface area contributed by atoms with Crippen molar-refractivity contribution in [3.63, 3.8) is 0 Å². The van der Waals surface area contributed by atoms with E-state index in [9.17, 15) is 19.0 Å². The van der Waals surface area contributed by atoms with Gasteiger partial charge in [-0.3, -0.25) is 18.6 Å². The SMILES string of the molecule is CCCCCCCCC=CCCCCCCCC(=O)OC[C@@H](C)OP(=O)(O)OC[C@H](N)C(=O)O. The van der Waals surface area contributed by atoms with Gasteiger partial charge in [0.2, 0.25) is 0 Å². The van der Waals surface area contributed by atoms with Gasteiger partial charge in [0, 0.05) is 6.42 Å². The molecule has 4 N–H and O–H groups in total. The van der Waals surface area contributed by atoms with E-state index in [1.54, 1.807) is 0 Å². The van der Waals surface area contributed by atoms with Gasteiger partial charge in [-0.05, 0) is 39.0 Å². The van der Waals surface area contributed by atoms with Crippen LogP contribution in [0, 0.1) is 0 Å². The fraction of sp³-hybridized carbons (Fsp3) is 0.833. The van der Waals surface area contributed by atoms with Crippen molar-refractivity contribution in [3.8, 4) is 0 Å². The fourth-order valence-corrected chi connectivity index (χ4v) is 4.08. The largest absolute Gasteiger partial charge is 0.480 e. The summed E-state index contributed by atoms with van der Waals surface area (Å²) in [6.07, 6.45) is 19.3. The van der Waals surface area contributed by atoms with Crippen molar-refractivity contribution in [1.82, 2.24) is 0 Å². The second-order valence-corrected chi connectivity index (χ2v) is 10.0. The Morgan fingerprint density at radius 2 is 1.44 bits per heavy atom. The lowest BCUT2D eigenvalue weighted by Crippen LogP contribution is -2.34. The smallest absolute Gasteiger partial charge is 0.472 e. The minimum Gasteiger partial charge on any atom is -0.480 e. The Morgan fingerprint density at radius 3 is 2.00 bits per heavy atom. The normalized spacial score (nSPS) is 15.2. The van der Waals surface area contributed by atoms with Gasteiger partial charge in [-0.25, -0.2) is 4.57 Å². The number of rotatable bonds is 23. The van der Waals surface area contributed by atoms with Gasteiger partial charge in [-0.1, -0.05) is 70.4 Å². The average molecular weight is 508 g/mol. The third-order valence-electron chi connectivity index (χ3n) is 5.17. The van der Waals surface area contributed by atoms with Crippen LogP contribution in [0.2, 0.25) is 0 Å². The van der Waals surface area contributed by atoms with E-state index >= 15 is 0 Å². The maximum atomic E-state index is 11.8. The van der Waals surface area contributed by atoms with Crippen LogP contribution in [0.3, 0.4) is 0 Å². The van der Waals surface area contributed by atoms with E-state index in [0.717, 1.165) is 38.5 Å². The van der Waals surface area contributed by atoms with Gasteiger partial charge in [0.15, 0.2) is 0 Å². The first kappa shape index (κ1) is 32.8. The van der Waals surface area contributed by atoms with Crippen LogP contribution in [0.5, 0.6) is 0 Å². The van der Waals surface area contributed by atoms with Crippen LogP contribution in [-0.2, 0) is 27.9 Å². The van der Waals surface area contributed by atoms with Crippen molar-refractivity contribution in [1.29, 1.82) is 0 Å². The number of allylic oxidation sites excluding steroid dienone is 2. The van der Waals surface area contributed by atoms with Crippen LogP contribution in [0.1, 0.15) is 104 Å². The number of aliphatic carboxylic acids is 1. The third kappa shape index (κ3) is 21.3. The Labute approximate surface area is 205 Å². The van der Waals surface area contributed by atoms with E-state index in [1.807, 2.05) is 0 Å². The summed E-state index contributed by atoms with van der Waals surface area (Å²) in [4.78, 5) is 31.9. The number of carbonyl (C=O) groups excluding carboxylic acids is 1. The lowest BCUT2D eigenvalue weighted by molar-refractivity contribution is -0.146. The molecular weight excluding hydrogens is 461 g/mol. The van der Waals surface area contributed by atoms with E-state index < -0.39 is 38.5 Å². The molecule has 9 nitrogen and oxygen atoms in total. The molecule has 0 saturated heterocycles. The molecule has 0 aromatic carbocycles. The first-order chi connectivity index (χ1) is 16.2. The number of phosphoric acid groups is 1. The molecular formula is C24H46NO8P. The maximum Gasteiger partial charge on any atom is 0.472 e. The molecule has 0 aromatic rings. The summed E-state index contributed by atoms with van der Waals surface area (Å²) in [6, 6.07) is -1.44. The summed E-state index contributed by atoms with van der Waals surface area (Å²) >= 11 is 0. The molecule has 34 heavy (non-hydrogen) atoms. The zero-order chi connectivity index (χ0) is 25.7. The van der Waals surface area contributed by atoms with E-state index in [1.165, 1.54) is 51.9 Å². The van der Waals surface area contributed by atoms with Crippen LogP contribution in [0.4, 0.5) is 0 Å². The number of carbonyl (C=O) groups is 2. The molecule has 0 fully saturated rings. The quantitative estimate of drug-likeness (QED) is 0.0706. The number of hydrogen-bond donors (Lipinski definition) is 3. The Hall–Kier alpha value is -1.25. The van der Waals surface area contributed by atoms with Gasteiger partial charge in [0.25, 0.3) is 0 Å². The highest BCUT2D eigenvalue weighted by atomic mass is 31.2. The van der Waals surface area contributed by atoms with Gasteiger partial charge < -0.3 is 20.5 Å². The van der Waals surface area contributed by atoms with Gasteiger partial charge in [0.05, 0.1) is 6.61 Å². The number of hydrogen-bond acceptors (Lipinski definition) is 7. The standard InChI is InChI=1S/C24H46NO8P/c1-3-4-5-6-7-8-9-10-11-12-13-14-15-16-17-18-23(26)31-19-21(2)33-34(29,30)32-20-22(25)24(27)28/h10-11,21-22H,3-9,12-20,25H2,1-2H3,(H,27,28)(H,29,30)/t21-,22+/m1/s1. The second kappa shape index (κ2) is 21.1. The van der Waals surface area contributed by atoms with Crippen LogP contribution >= 0.6 is 7.82 Å². The molecule has 0 amide bonds. The number of ether oxygens (including phenoxy) is 1. The molecule has 0 heterocycles. The first-order valence-corrected chi connectivity index (χ1v) is 14.1. The molecule has 10 heteroatoms. The predicted molar refractivity (Wildman–Crippen MR) is 132 cm³/mol. The van der Waals surface area contributed by atoms with Crippen molar-refractivity contribution in [2.45, 2.75) is 116 Å². The van der Waals surface area contributed by atoms with Gasteiger partial charge in [-0.15, -0.1) is 0 Å². The number of phosphoric ester groups is 1. The Morgan fingerprint density at radius 1 is 0.912 bits per heavy atom. The number of carboxylic acid groups (broad SMARTS) is 1. The predicted octanol–water partition coefficient (Wildman–Crippen LogP) is 5.50. The van der Waals surface area contributed by atoms with E-state index in [0.29, 0.717) is 0 Å². The van der Waals surface area contributed by atoms with Gasteiger partial charge in [-0.2, -0.15) is 0 Å². The number of esters is 1. The third-order valence-corrected chi connectivity index (χ3v) is 6.27. The van der Waals surface area contributed by atoms with Crippen molar-refractivity contribution < 1.29 is 37.9 Å². The molecule has 0 radical (unpaired) electrons. The first-order valence-electron chi connectivity index (χ1n) is 12.6. The topological polar surface area (TPSA) is 145 Å². The summed E-state index contributed by atoms with van der Waals surface area (Å²) in [5.74, 6) is -1.76. The Balaban J connectivity index is 3.64. The van der Waals surface area contributed by atoms with Crippen LogP contribution in [-0.4, -0.2) is 47.3 Å². The van der Waals surface area contributed by atoms with Crippen LogP contribution in [0.25, 0.3) is 0 Å². The molecule has 3 atom stereocenters. The highest BCUT2D eigenvalue weighted by Gasteiger charge is 2.27. The molecule has 200 valence electrons. The molecule has 0 aliphatic heterocycles. The lowest BCUT2D eigenvalue weighted by Gasteiger charge is -2.18. The van der Waals surface area contributed by atoms with Crippen molar-refractivity contribution in [3.05, 3.63) is 12.2 Å². The summed E-state index contributed by atoms with van der Waals surface area (Å²) < 4.78 is 26.1. The lowest BCUT2D eigenvalue weighted by atomic mass is 10.1. The second-order valence-electron chi connectivity index (χ2n) is 8.64. The number of carboxylic acids is 1. The van der Waals surface area contributed by atoms with E-state index in [-0.39, 0.29) is 13.0 Å². The van der Waals surface area contributed by atoms with Crippen molar-refractivity contribution in [2.24, 2.45) is 5.73 Å². The summed E-state index contributed by atoms with van der Waals surface area (Å²) in [5, 5.41) is 8.63. The zero-order valence-electron chi connectivity index (χ0n) is 21.0. The summed E-state index contributed by atoms with van der Waals surface area (Å²) in [7, 11) is -4.50. The highest BCUT2D eigenvalue weighted by Crippen LogP contribution is 2.44. The summed E-state index contributed by atoms with van der Waals surface area (Å²) in [5.41, 5.74) is 5.20. The molecule has 0 aromatic heterocycles. The van der Waals surface area contributed by atoms with E-state index in [2.05, 4.69) is 23.6 Å². The minimum absolute atomic E-state index is 0.206. The molecule has 1 unspecified atom stereocenters. The minimum atomic E-state index is -4.50. The Kier molecular flexibility index (Phi) is 20.3. The fourth-order valence-electron chi connectivity index (χ4n) is 3.16. The molecule has 0 aliphatic carbocycles. The average Bonchev–Trinajstić information content (AvgIpc) is 2.78. The molecule has 0 aliphatic rings. The van der Waals surface area contributed by atoms with Gasteiger partial charge in [0.1, 0.15) is 18.8 Å². The van der Waals surface area contributed by atoms with Gasteiger partial charge >= 0.3 is 19.8 Å². The Bertz CT molecular complexity index is 614. The van der Waals surface area contributed by atoms with Crippen LogP contribution < -0.4 is 5.73 Å². The number of unbranched alkanes of at least 4 members (excludes halogenated alkanes) is 11. The van der Waals surface area contributed by atoms with E-state index in [4.69, 9.17) is 20.1 Å². The number of nitrogens with two attached hydrogens (primary N) is 1. The molecule has 0 bridgehead atoms. The van der Waals surface area contributed by atoms with Crippen molar-refractivity contribution >= 4 is 19.8 Å². The molecule has 0 rings (SSSR count). The van der Waals surface area contributed by atoms with Crippen LogP contribution in [0.15, 0.2) is 12.2 Å². The highest BCUT2D eigenvalue weighted by molar-refractivity contribution is 7.47. The monoisotopic (exact) mass is 507 g/mol. The molecule has 0 spiro atoms. The zero-order valence-corrected chi connectivity index (χ0v) is 21.9. The maximum absolute atomic E-state index is 11.8. The van der Waals surface area contributed by atoms with Crippen molar-refractivity contribution in [2.75, 3.05) is 13.2 Å². The summed E-state index contributed by atoms with van der Waals surface area (Å²) in [6.45, 7) is 2.80. The molecule has 0 saturated carbocycles.